The third-order valence-electron chi connectivity index (χ3n) is 5.92. The molecule has 0 spiro atoms. The van der Waals surface area contributed by atoms with Gasteiger partial charge in [0, 0.05) is 30.4 Å². The standard InChI is InChI=1S/C27H19ClF3N3O3/c28-20-16-17(11-12-21(20)32-25(35)19-7-1-4-10-24(19)37-27(29,30)31)26(36)34-15-13-18-6-5-14-33(18)22-8-2-3-9-23(22)34/h1-12,14,16H,13,15H2,(H,32,35). The molecule has 0 bridgehead atoms. The zero-order valence-corrected chi connectivity index (χ0v) is 19.9. The van der Waals surface area contributed by atoms with Crippen LogP contribution in [-0.4, -0.2) is 29.3 Å². The van der Waals surface area contributed by atoms with E-state index in [1.165, 1.54) is 36.4 Å². The number of carbonyl (C=O) groups is 2. The van der Waals surface area contributed by atoms with Gasteiger partial charge in [-0.1, -0.05) is 35.9 Å². The van der Waals surface area contributed by atoms with Crippen molar-refractivity contribution in [3.63, 3.8) is 0 Å². The van der Waals surface area contributed by atoms with Gasteiger partial charge in [-0.25, -0.2) is 0 Å². The molecule has 5 rings (SSSR count). The molecular weight excluding hydrogens is 507 g/mol. The summed E-state index contributed by atoms with van der Waals surface area (Å²) < 4.78 is 44.1. The van der Waals surface area contributed by atoms with Crippen LogP contribution in [0, 0.1) is 0 Å². The first-order valence-corrected chi connectivity index (χ1v) is 11.6. The number of halogens is 4. The fourth-order valence-corrected chi connectivity index (χ4v) is 4.50. The summed E-state index contributed by atoms with van der Waals surface area (Å²) in [5, 5.41) is 2.54. The van der Waals surface area contributed by atoms with Gasteiger partial charge in [0.05, 0.1) is 27.6 Å². The number of fused-ring (bicyclic) bond motifs is 3. The first-order chi connectivity index (χ1) is 17.7. The first kappa shape index (κ1) is 24.5. The van der Waals surface area contributed by atoms with E-state index in [0.717, 1.165) is 23.1 Å². The predicted molar refractivity (Wildman–Crippen MR) is 134 cm³/mol. The number of benzene rings is 3. The van der Waals surface area contributed by atoms with Crippen molar-refractivity contribution in [1.29, 1.82) is 0 Å². The number of amides is 2. The number of aromatic nitrogens is 1. The molecule has 0 radical (unpaired) electrons. The fourth-order valence-electron chi connectivity index (χ4n) is 4.27. The average Bonchev–Trinajstić information content (AvgIpc) is 3.27. The van der Waals surface area contributed by atoms with Gasteiger partial charge in [0.25, 0.3) is 11.8 Å². The second kappa shape index (κ2) is 9.67. The number of nitrogens with one attached hydrogen (secondary N) is 1. The highest BCUT2D eigenvalue weighted by Crippen LogP contribution is 2.32. The van der Waals surface area contributed by atoms with E-state index in [1.807, 2.05) is 42.6 Å². The molecule has 0 atom stereocenters. The van der Waals surface area contributed by atoms with Crippen molar-refractivity contribution < 1.29 is 27.5 Å². The lowest BCUT2D eigenvalue weighted by Crippen LogP contribution is -2.32. The minimum atomic E-state index is -4.95. The summed E-state index contributed by atoms with van der Waals surface area (Å²) in [6.07, 6.45) is -2.35. The third kappa shape index (κ3) is 5.03. The van der Waals surface area contributed by atoms with Crippen LogP contribution in [0.5, 0.6) is 5.75 Å². The number of carbonyl (C=O) groups excluding carboxylic acids is 2. The Bertz CT molecular complexity index is 1500. The summed E-state index contributed by atoms with van der Waals surface area (Å²) in [4.78, 5) is 27.9. The van der Waals surface area contributed by atoms with E-state index in [4.69, 9.17) is 11.6 Å². The number of anilines is 2. The van der Waals surface area contributed by atoms with Crippen molar-refractivity contribution in [2.24, 2.45) is 0 Å². The number of hydrogen-bond donors (Lipinski definition) is 1. The maximum Gasteiger partial charge on any atom is 0.573 e. The number of nitrogens with zero attached hydrogens (tertiary/aromatic N) is 2. The maximum absolute atomic E-state index is 13.5. The van der Waals surface area contributed by atoms with Gasteiger partial charge in [0.1, 0.15) is 5.75 Å². The molecule has 1 aliphatic rings. The van der Waals surface area contributed by atoms with Gasteiger partial charge in [-0.2, -0.15) is 0 Å². The van der Waals surface area contributed by atoms with Gasteiger partial charge < -0.3 is 19.5 Å². The molecule has 1 aliphatic heterocycles. The minimum Gasteiger partial charge on any atom is -0.405 e. The summed E-state index contributed by atoms with van der Waals surface area (Å²) in [5.41, 5.74) is 2.82. The van der Waals surface area contributed by atoms with Gasteiger partial charge in [0.2, 0.25) is 0 Å². The Labute approximate surface area is 214 Å². The molecule has 1 aromatic heterocycles. The van der Waals surface area contributed by atoms with E-state index in [-0.39, 0.29) is 22.2 Å². The van der Waals surface area contributed by atoms with E-state index < -0.39 is 18.0 Å². The van der Waals surface area contributed by atoms with Gasteiger partial charge in [-0.3, -0.25) is 9.59 Å². The van der Waals surface area contributed by atoms with E-state index in [2.05, 4.69) is 14.6 Å². The topological polar surface area (TPSA) is 63.6 Å². The lowest BCUT2D eigenvalue weighted by molar-refractivity contribution is -0.274. The molecule has 0 unspecified atom stereocenters. The van der Waals surface area contributed by atoms with Crippen LogP contribution in [0.25, 0.3) is 5.69 Å². The van der Waals surface area contributed by atoms with E-state index >= 15 is 0 Å². The SMILES string of the molecule is O=C(Nc1ccc(C(=O)N2CCc3cccn3-c3ccccc32)cc1Cl)c1ccccc1OC(F)(F)F. The smallest absolute Gasteiger partial charge is 0.405 e. The zero-order chi connectivity index (χ0) is 26.2. The van der Waals surface area contributed by atoms with Crippen molar-refractivity contribution in [2.75, 3.05) is 16.8 Å². The van der Waals surface area contributed by atoms with Crippen LogP contribution in [-0.2, 0) is 6.42 Å². The van der Waals surface area contributed by atoms with Crippen LogP contribution >= 0.6 is 11.6 Å². The molecule has 0 saturated heterocycles. The minimum absolute atomic E-state index is 0.0581. The van der Waals surface area contributed by atoms with E-state index in [9.17, 15) is 22.8 Å². The summed E-state index contributed by atoms with van der Waals surface area (Å²) in [6.45, 7) is 0.450. The van der Waals surface area contributed by atoms with E-state index in [0.29, 0.717) is 18.5 Å². The molecular formula is C27H19ClF3N3O3. The van der Waals surface area contributed by atoms with Crippen molar-refractivity contribution >= 4 is 34.8 Å². The Morgan fingerprint density at radius 1 is 0.919 bits per heavy atom. The molecule has 0 saturated carbocycles. The monoisotopic (exact) mass is 525 g/mol. The largest absolute Gasteiger partial charge is 0.573 e. The van der Waals surface area contributed by atoms with Crippen molar-refractivity contribution in [1.82, 2.24) is 4.57 Å². The molecule has 188 valence electrons. The molecule has 0 fully saturated rings. The number of rotatable bonds is 4. The molecule has 10 heteroatoms. The van der Waals surface area contributed by atoms with Crippen molar-refractivity contribution in [2.45, 2.75) is 12.8 Å². The third-order valence-corrected chi connectivity index (χ3v) is 6.24. The quantitative estimate of drug-likeness (QED) is 0.331. The Morgan fingerprint density at radius 2 is 1.65 bits per heavy atom. The maximum atomic E-state index is 13.5. The van der Waals surface area contributed by atoms with Gasteiger partial charge in [0.15, 0.2) is 0 Å². The van der Waals surface area contributed by atoms with E-state index in [1.54, 1.807) is 4.90 Å². The van der Waals surface area contributed by atoms with Gasteiger partial charge in [-0.05, 0) is 54.6 Å². The van der Waals surface area contributed by atoms with Crippen molar-refractivity contribution in [3.8, 4) is 11.4 Å². The Hall–Kier alpha value is -4.24. The van der Waals surface area contributed by atoms with Crippen LogP contribution in [0.4, 0.5) is 24.5 Å². The molecule has 1 N–H and O–H groups in total. The molecule has 6 nitrogen and oxygen atoms in total. The van der Waals surface area contributed by atoms with Gasteiger partial charge >= 0.3 is 6.36 Å². The highest BCUT2D eigenvalue weighted by atomic mass is 35.5. The first-order valence-electron chi connectivity index (χ1n) is 11.2. The molecule has 3 aromatic carbocycles. The summed E-state index contributed by atoms with van der Waals surface area (Å²) in [6, 6.07) is 20.9. The fraction of sp³-hybridized carbons (Fsp3) is 0.111. The van der Waals surface area contributed by atoms with Crippen LogP contribution in [0.1, 0.15) is 26.4 Å². The van der Waals surface area contributed by atoms with Crippen LogP contribution in [0.15, 0.2) is 85.1 Å². The molecule has 2 amide bonds. The number of ether oxygens (including phenoxy) is 1. The second-order valence-electron chi connectivity index (χ2n) is 8.26. The highest BCUT2D eigenvalue weighted by molar-refractivity contribution is 6.34. The second-order valence-corrected chi connectivity index (χ2v) is 8.66. The highest BCUT2D eigenvalue weighted by Gasteiger charge is 2.33. The molecule has 4 aromatic rings. The van der Waals surface area contributed by atoms with Crippen LogP contribution in [0.2, 0.25) is 5.02 Å². The Morgan fingerprint density at radius 3 is 2.41 bits per heavy atom. The number of hydrogen-bond acceptors (Lipinski definition) is 3. The van der Waals surface area contributed by atoms with Crippen molar-refractivity contribution in [3.05, 3.63) is 107 Å². The summed E-state index contributed by atoms with van der Waals surface area (Å²) >= 11 is 6.38. The van der Waals surface area contributed by atoms with Gasteiger partial charge in [-0.15, -0.1) is 13.2 Å². The Kier molecular flexibility index (Phi) is 6.39. The molecule has 0 aliphatic carbocycles. The Balaban J connectivity index is 1.38. The van der Waals surface area contributed by atoms with Crippen LogP contribution < -0.4 is 15.0 Å². The lowest BCUT2D eigenvalue weighted by atomic mass is 10.1. The predicted octanol–water partition coefficient (Wildman–Crippen LogP) is 6.48. The number of alkyl halides is 3. The molecule has 2 heterocycles. The normalized spacial score (nSPS) is 12.8. The number of para-hydroxylation sites is 3. The lowest BCUT2D eigenvalue weighted by Gasteiger charge is -2.23. The zero-order valence-electron chi connectivity index (χ0n) is 19.1. The summed E-state index contributed by atoms with van der Waals surface area (Å²) in [7, 11) is 0. The molecule has 37 heavy (non-hydrogen) atoms. The average molecular weight is 526 g/mol. The summed E-state index contributed by atoms with van der Waals surface area (Å²) in [5.74, 6) is -1.76. The van der Waals surface area contributed by atoms with Crippen LogP contribution in [0.3, 0.4) is 0 Å².